The molecule has 0 fully saturated rings. The number of carbonyl (C=O) groups is 2. The smallest absolute Gasteiger partial charge is 0.236 e. The second-order valence-electron chi connectivity index (χ2n) is 5.09. The second kappa shape index (κ2) is 9.34. The highest BCUT2D eigenvalue weighted by Crippen LogP contribution is 1.92. The van der Waals surface area contributed by atoms with Crippen LogP contribution in [0.1, 0.15) is 20.3 Å². The molecule has 0 saturated heterocycles. The molecular weight excluding hydrogens is 244 g/mol. The Morgan fingerprint density at radius 1 is 1.26 bits per heavy atom. The molecular formula is C13H24N4O2. The van der Waals surface area contributed by atoms with Crippen molar-refractivity contribution >= 4 is 11.8 Å². The molecule has 0 aliphatic carbocycles. The average Bonchev–Trinajstić information content (AvgIpc) is 2.33. The fourth-order valence-electron chi connectivity index (χ4n) is 1.37. The topological polar surface area (TPSA) is 76.4 Å². The molecule has 0 spiro atoms. The zero-order chi connectivity index (χ0) is 14.8. The van der Waals surface area contributed by atoms with Gasteiger partial charge in [0.25, 0.3) is 0 Å². The first-order chi connectivity index (χ1) is 8.86. The van der Waals surface area contributed by atoms with Gasteiger partial charge in [-0.3, -0.25) is 14.5 Å². The molecule has 0 unspecified atom stereocenters. The molecule has 0 heterocycles. The van der Waals surface area contributed by atoms with Crippen LogP contribution in [0.3, 0.4) is 0 Å². The second-order valence-corrected chi connectivity index (χ2v) is 5.09. The summed E-state index contributed by atoms with van der Waals surface area (Å²) in [5, 5.41) is 11.3. The van der Waals surface area contributed by atoms with Gasteiger partial charge < -0.3 is 10.2 Å². The number of hydrogen-bond donors (Lipinski definition) is 1. The molecule has 0 atom stereocenters. The minimum absolute atomic E-state index is 0.0799. The third kappa shape index (κ3) is 9.03. The Morgan fingerprint density at radius 2 is 1.89 bits per heavy atom. The van der Waals surface area contributed by atoms with Crippen molar-refractivity contribution in [3.05, 3.63) is 0 Å². The van der Waals surface area contributed by atoms with E-state index in [9.17, 15) is 9.59 Å². The molecule has 0 bridgehead atoms. The minimum atomic E-state index is -0.0885. The van der Waals surface area contributed by atoms with Crippen molar-refractivity contribution in [3.8, 4) is 6.07 Å². The highest BCUT2D eigenvalue weighted by Gasteiger charge is 2.13. The van der Waals surface area contributed by atoms with E-state index in [2.05, 4.69) is 5.32 Å². The van der Waals surface area contributed by atoms with Gasteiger partial charge in [-0.2, -0.15) is 5.26 Å². The Kier molecular flexibility index (Phi) is 8.55. The van der Waals surface area contributed by atoms with Crippen molar-refractivity contribution in [2.24, 2.45) is 5.92 Å². The molecule has 0 aromatic heterocycles. The third-order valence-corrected chi connectivity index (χ3v) is 2.51. The number of hydrogen-bond acceptors (Lipinski definition) is 4. The van der Waals surface area contributed by atoms with Crippen LogP contribution in [0.5, 0.6) is 0 Å². The van der Waals surface area contributed by atoms with Gasteiger partial charge >= 0.3 is 0 Å². The van der Waals surface area contributed by atoms with E-state index in [-0.39, 0.29) is 24.9 Å². The van der Waals surface area contributed by atoms with Gasteiger partial charge in [-0.25, -0.2) is 0 Å². The zero-order valence-corrected chi connectivity index (χ0v) is 12.3. The van der Waals surface area contributed by atoms with Crippen LogP contribution in [0.2, 0.25) is 0 Å². The maximum atomic E-state index is 11.8. The van der Waals surface area contributed by atoms with E-state index in [0.29, 0.717) is 25.4 Å². The van der Waals surface area contributed by atoms with Gasteiger partial charge in [0, 0.05) is 20.1 Å². The summed E-state index contributed by atoms with van der Waals surface area (Å²) in [4.78, 5) is 26.5. The molecule has 2 amide bonds. The van der Waals surface area contributed by atoms with Crippen LogP contribution in [0.25, 0.3) is 0 Å². The number of amides is 2. The molecule has 0 aliphatic rings. The highest BCUT2D eigenvalue weighted by molar-refractivity contribution is 5.81. The zero-order valence-electron chi connectivity index (χ0n) is 12.3. The van der Waals surface area contributed by atoms with Crippen molar-refractivity contribution < 1.29 is 9.59 Å². The number of nitrogens with zero attached hydrogens (tertiary/aromatic N) is 3. The molecule has 108 valence electrons. The largest absolute Gasteiger partial charge is 0.355 e. The predicted molar refractivity (Wildman–Crippen MR) is 73.2 cm³/mol. The van der Waals surface area contributed by atoms with Gasteiger partial charge in [-0.15, -0.1) is 0 Å². The molecule has 6 nitrogen and oxygen atoms in total. The van der Waals surface area contributed by atoms with E-state index in [1.54, 1.807) is 19.0 Å². The number of likely N-dealkylation sites (N-methyl/N-ethyl adjacent to an activating group) is 2. The predicted octanol–water partition coefficient (Wildman–Crippen LogP) is 0.0625. The van der Waals surface area contributed by atoms with Crippen LogP contribution >= 0.6 is 0 Å². The first kappa shape index (κ1) is 17.4. The summed E-state index contributed by atoms with van der Waals surface area (Å²) in [6.45, 7) is 5.49. The van der Waals surface area contributed by atoms with E-state index in [1.165, 1.54) is 4.90 Å². The van der Waals surface area contributed by atoms with Gasteiger partial charge in [-0.05, 0) is 13.0 Å². The van der Waals surface area contributed by atoms with Crippen LogP contribution < -0.4 is 5.32 Å². The van der Waals surface area contributed by atoms with Gasteiger partial charge in [0.05, 0.1) is 25.6 Å². The van der Waals surface area contributed by atoms with Crippen molar-refractivity contribution in [3.63, 3.8) is 0 Å². The van der Waals surface area contributed by atoms with Crippen LogP contribution in [-0.2, 0) is 9.59 Å². The number of rotatable bonds is 8. The quantitative estimate of drug-likeness (QED) is 0.675. The summed E-state index contributed by atoms with van der Waals surface area (Å²) in [5.74, 6) is 0.242. The van der Waals surface area contributed by atoms with Crippen LogP contribution in [0.15, 0.2) is 0 Å². The lowest BCUT2D eigenvalue weighted by Gasteiger charge is -2.21. The standard InChI is InChI=1S/C13H24N4O2/c1-11(2)8-15-12(18)9-16(3)10-13(19)17(4)7-5-6-14/h11H,5,7-10H2,1-4H3,(H,15,18). The Labute approximate surface area is 115 Å². The first-order valence-electron chi connectivity index (χ1n) is 6.43. The van der Waals surface area contributed by atoms with E-state index in [0.717, 1.165) is 0 Å². The van der Waals surface area contributed by atoms with Gasteiger partial charge in [-0.1, -0.05) is 13.8 Å². The molecule has 1 N–H and O–H groups in total. The van der Waals surface area contributed by atoms with Crippen LogP contribution in [-0.4, -0.2) is 61.9 Å². The molecule has 0 aromatic carbocycles. The lowest BCUT2D eigenvalue weighted by Crippen LogP contribution is -2.42. The molecule has 6 heteroatoms. The van der Waals surface area contributed by atoms with Crippen molar-refractivity contribution in [2.75, 3.05) is 40.3 Å². The van der Waals surface area contributed by atoms with E-state index in [4.69, 9.17) is 5.26 Å². The van der Waals surface area contributed by atoms with Crippen LogP contribution in [0, 0.1) is 17.2 Å². The monoisotopic (exact) mass is 268 g/mol. The Hall–Kier alpha value is -1.61. The lowest BCUT2D eigenvalue weighted by atomic mass is 10.2. The molecule has 0 rings (SSSR count). The number of nitriles is 1. The summed E-state index contributed by atoms with van der Waals surface area (Å²) in [6, 6.07) is 1.99. The molecule has 0 radical (unpaired) electrons. The maximum Gasteiger partial charge on any atom is 0.236 e. The van der Waals surface area contributed by atoms with E-state index in [1.807, 2.05) is 19.9 Å². The van der Waals surface area contributed by atoms with Crippen molar-refractivity contribution in [1.29, 1.82) is 5.26 Å². The van der Waals surface area contributed by atoms with E-state index < -0.39 is 0 Å². The van der Waals surface area contributed by atoms with Crippen LogP contribution in [0.4, 0.5) is 0 Å². The van der Waals surface area contributed by atoms with Gasteiger partial charge in [0.15, 0.2) is 0 Å². The fourth-order valence-corrected chi connectivity index (χ4v) is 1.37. The number of nitrogens with one attached hydrogen (secondary N) is 1. The maximum absolute atomic E-state index is 11.8. The normalized spacial score (nSPS) is 10.4. The first-order valence-corrected chi connectivity index (χ1v) is 6.43. The molecule has 19 heavy (non-hydrogen) atoms. The SMILES string of the molecule is CC(C)CNC(=O)CN(C)CC(=O)N(C)CCC#N. The summed E-state index contributed by atoms with van der Waals surface area (Å²) in [7, 11) is 3.39. The fraction of sp³-hybridized carbons (Fsp3) is 0.769. The Balaban J connectivity index is 3.96. The average molecular weight is 268 g/mol. The molecule has 0 saturated carbocycles. The summed E-state index contributed by atoms with van der Waals surface area (Å²) in [5.41, 5.74) is 0. The number of carbonyl (C=O) groups excluding carboxylic acids is 2. The van der Waals surface area contributed by atoms with Crippen molar-refractivity contribution in [2.45, 2.75) is 20.3 Å². The van der Waals surface area contributed by atoms with Gasteiger partial charge in [0.2, 0.25) is 11.8 Å². The Bertz CT molecular complexity index is 336. The minimum Gasteiger partial charge on any atom is -0.355 e. The van der Waals surface area contributed by atoms with Crippen molar-refractivity contribution in [1.82, 2.24) is 15.1 Å². The third-order valence-electron chi connectivity index (χ3n) is 2.51. The summed E-state index contributed by atoms with van der Waals surface area (Å²) in [6.07, 6.45) is 0.320. The summed E-state index contributed by atoms with van der Waals surface area (Å²) < 4.78 is 0. The molecule has 0 aliphatic heterocycles. The molecule has 0 aromatic rings. The van der Waals surface area contributed by atoms with E-state index >= 15 is 0 Å². The summed E-state index contributed by atoms with van der Waals surface area (Å²) >= 11 is 0. The Morgan fingerprint density at radius 3 is 2.42 bits per heavy atom. The lowest BCUT2D eigenvalue weighted by molar-refractivity contribution is -0.131. The highest BCUT2D eigenvalue weighted by atomic mass is 16.2. The van der Waals surface area contributed by atoms with Gasteiger partial charge in [0.1, 0.15) is 0 Å².